The molecule has 7 heteroatoms. The van der Waals surface area contributed by atoms with Crippen molar-refractivity contribution >= 4 is 31.9 Å². The molecular formula is C13H18BrNO4S. The largest absolute Gasteiger partial charge is 0.480 e. The molecule has 1 atom stereocenters. The van der Waals surface area contributed by atoms with Gasteiger partial charge in [-0.25, -0.2) is 8.42 Å². The summed E-state index contributed by atoms with van der Waals surface area (Å²) in [6.07, 6.45) is 1.72. The minimum atomic E-state index is -3.87. The first-order chi connectivity index (χ1) is 9.29. The molecule has 0 aliphatic carbocycles. The fraction of sp³-hybridized carbons (Fsp3) is 0.462. The van der Waals surface area contributed by atoms with E-state index in [1.165, 1.54) is 6.07 Å². The third kappa shape index (κ3) is 4.29. The van der Waals surface area contributed by atoms with Gasteiger partial charge in [-0.2, -0.15) is 4.72 Å². The Bertz CT molecular complexity index is 586. The van der Waals surface area contributed by atoms with Crippen LogP contribution in [0.4, 0.5) is 0 Å². The number of carboxylic acids is 1. The van der Waals surface area contributed by atoms with Crippen LogP contribution in [-0.4, -0.2) is 25.5 Å². The lowest BCUT2D eigenvalue weighted by Gasteiger charge is -2.15. The number of aliphatic carboxylic acids is 1. The summed E-state index contributed by atoms with van der Waals surface area (Å²) < 4.78 is 27.3. The van der Waals surface area contributed by atoms with E-state index >= 15 is 0 Å². The van der Waals surface area contributed by atoms with E-state index in [4.69, 9.17) is 5.11 Å². The predicted octanol–water partition coefficient (Wildman–Crippen LogP) is 2.68. The summed E-state index contributed by atoms with van der Waals surface area (Å²) in [7, 11) is -3.87. The Kier molecular flexibility index (Phi) is 6.16. The molecule has 0 saturated carbocycles. The molecule has 1 rings (SSSR count). The first-order valence-corrected chi connectivity index (χ1v) is 8.57. The van der Waals surface area contributed by atoms with Crippen molar-refractivity contribution in [2.75, 3.05) is 0 Å². The molecule has 0 fully saturated rings. The lowest BCUT2D eigenvalue weighted by atomic mass is 10.1. The monoisotopic (exact) mass is 363 g/mol. The molecule has 20 heavy (non-hydrogen) atoms. The molecule has 0 spiro atoms. The molecule has 0 aromatic heterocycles. The topological polar surface area (TPSA) is 83.5 Å². The fourth-order valence-electron chi connectivity index (χ4n) is 1.72. The van der Waals surface area contributed by atoms with Crippen molar-refractivity contribution in [2.24, 2.45) is 0 Å². The number of carboxylic acid groups (broad SMARTS) is 1. The SMILES string of the molecule is CCCCC(NS(=O)(=O)c1cccc(C)c1Br)C(=O)O. The Hall–Kier alpha value is -0.920. The zero-order valence-electron chi connectivity index (χ0n) is 11.4. The lowest BCUT2D eigenvalue weighted by molar-refractivity contribution is -0.139. The Morgan fingerprint density at radius 2 is 2.10 bits per heavy atom. The van der Waals surface area contributed by atoms with Crippen LogP contribution in [0.5, 0.6) is 0 Å². The fourth-order valence-corrected chi connectivity index (χ4v) is 4.00. The second-order valence-electron chi connectivity index (χ2n) is 4.54. The zero-order chi connectivity index (χ0) is 15.3. The van der Waals surface area contributed by atoms with E-state index in [1.54, 1.807) is 19.1 Å². The number of sulfonamides is 1. The normalized spacial score (nSPS) is 13.2. The van der Waals surface area contributed by atoms with Crippen LogP contribution >= 0.6 is 15.9 Å². The van der Waals surface area contributed by atoms with E-state index in [0.717, 1.165) is 12.0 Å². The molecule has 0 aliphatic heterocycles. The molecule has 1 aromatic carbocycles. The van der Waals surface area contributed by atoms with Crippen molar-refractivity contribution in [1.82, 2.24) is 4.72 Å². The number of halogens is 1. The molecule has 0 radical (unpaired) electrons. The summed E-state index contributed by atoms with van der Waals surface area (Å²) >= 11 is 3.23. The van der Waals surface area contributed by atoms with Crippen LogP contribution < -0.4 is 4.72 Å². The van der Waals surface area contributed by atoms with Gasteiger partial charge in [-0.3, -0.25) is 4.79 Å². The number of nitrogens with one attached hydrogen (secondary N) is 1. The Labute approximate surface area is 127 Å². The highest BCUT2D eigenvalue weighted by molar-refractivity contribution is 9.10. The third-order valence-electron chi connectivity index (χ3n) is 2.89. The molecule has 0 saturated heterocycles. The maximum absolute atomic E-state index is 12.3. The summed E-state index contributed by atoms with van der Waals surface area (Å²) in [6.45, 7) is 3.69. The van der Waals surface area contributed by atoms with Crippen LogP contribution in [-0.2, 0) is 14.8 Å². The van der Waals surface area contributed by atoms with Crippen LogP contribution in [0.2, 0.25) is 0 Å². The zero-order valence-corrected chi connectivity index (χ0v) is 13.8. The summed E-state index contributed by atoms with van der Waals surface area (Å²) in [6, 6.07) is 3.73. The van der Waals surface area contributed by atoms with Crippen LogP contribution in [0.1, 0.15) is 31.7 Å². The number of benzene rings is 1. The molecule has 112 valence electrons. The van der Waals surface area contributed by atoms with Crippen molar-refractivity contribution in [1.29, 1.82) is 0 Å². The average Bonchev–Trinajstić information content (AvgIpc) is 2.37. The first kappa shape index (κ1) is 17.1. The van der Waals surface area contributed by atoms with Crippen LogP contribution in [0.3, 0.4) is 0 Å². The summed E-state index contributed by atoms with van der Waals surface area (Å²) in [5.41, 5.74) is 0.772. The van der Waals surface area contributed by atoms with Gasteiger partial charge >= 0.3 is 5.97 Å². The van der Waals surface area contributed by atoms with E-state index in [9.17, 15) is 13.2 Å². The van der Waals surface area contributed by atoms with Gasteiger partial charge in [0.25, 0.3) is 0 Å². The van der Waals surface area contributed by atoms with Gasteiger partial charge in [0.05, 0.1) is 4.90 Å². The highest BCUT2D eigenvalue weighted by atomic mass is 79.9. The highest BCUT2D eigenvalue weighted by Crippen LogP contribution is 2.25. The van der Waals surface area contributed by atoms with Gasteiger partial charge in [0.15, 0.2) is 0 Å². The van der Waals surface area contributed by atoms with Crippen molar-refractivity contribution in [3.63, 3.8) is 0 Å². The van der Waals surface area contributed by atoms with Crippen LogP contribution in [0.15, 0.2) is 27.6 Å². The third-order valence-corrected chi connectivity index (χ3v) is 5.72. The molecule has 0 heterocycles. The Balaban J connectivity index is 3.04. The quantitative estimate of drug-likeness (QED) is 0.779. The van der Waals surface area contributed by atoms with Gasteiger partial charge < -0.3 is 5.11 Å². The highest BCUT2D eigenvalue weighted by Gasteiger charge is 2.26. The lowest BCUT2D eigenvalue weighted by Crippen LogP contribution is -2.40. The first-order valence-electron chi connectivity index (χ1n) is 6.30. The van der Waals surface area contributed by atoms with Crippen molar-refractivity contribution in [2.45, 2.75) is 44.0 Å². The summed E-state index contributed by atoms with van der Waals surface area (Å²) in [5, 5.41) is 9.10. The van der Waals surface area contributed by atoms with Gasteiger partial charge in [-0.1, -0.05) is 31.9 Å². The van der Waals surface area contributed by atoms with Gasteiger partial charge in [0, 0.05) is 4.47 Å². The summed E-state index contributed by atoms with van der Waals surface area (Å²) in [4.78, 5) is 11.2. The van der Waals surface area contributed by atoms with Crippen LogP contribution in [0, 0.1) is 6.92 Å². The Morgan fingerprint density at radius 1 is 1.45 bits per heavy atom. The maximum atomic E-state index is 12.3. The number of carbonyl (C=O) groups is 1. The second-order valence-corrected chi connectivity index (χ2v) is 7.02. The van der Waals surface area contributed by atoms with E-state index < -0.39 is 22.0 Å². The molecule has 0 bridgehead atoms. The Morgan fingerprint density at radius 3 is 2.65 bits per heavy atom. The van der Waals surface area contributed by atoms with Gasteiger partial charge in [0.2, 0.25) is 10.0 Å². The number of unbranched alkanes of at least 4 members (excludes halogenated alkanes) is 1. The number of hydrogen-bond acceptors (Lipinski definition) is 3. The number of rotatable bonds is 7. The van der Waals surface area contributed by atoms with Crippen molar-refractivity contribution < 1.29 is 18.3 Å². The van der Waals surface area contributed by atoms with E-state index in [2.05, 4.69) is 20.7 Å². The molecule has 0 aliphatic rings. The molecule has 2 N–H and O–H groups in total. The maximum Gasteiger partial charge on any atom is 0.321 e. The standard InChI is InChI=1S/C13H18BrNO4S/c1-3-4-7-10(13(16)17)15-20(18,19)11-8-5-6-9(2)12(11)14/h5-6,8,10,15H,3-4,7H2,1-2H3,(H,16,17). The average molecular weight is 364 g/mol. The molecule has 1 unspecified atom stereocenters. The molecule has 1 aromatic rings. The molecule has 5 nitrogen and oxygen atoms in total. The number of hydrogen-bond donors (Lipinski definition) is 2. The minimum Gasteiger partial charge on any atom is -0.480 e. The second kappa shape index (κ2) is 7.19. The van der Waals surface area contributed by atoms with Gasteiger partial charge in [-0.05, 0) is 40.9 Å². The van der Waals surface area contributed by atoms with E-state index in [-0.39, 0.29) is 11.3 Å². The van der Waals surface area contributed by atoms with Crippen molar-refractivity contribution in [3.05, 3.63) is 28.2 Å². The van der Waals surface area contributed by atoms with E-state index in [1.807, 2.05) is 6.92 Å². The summed E-state index contributed by atoms with van der Waals surface area (Å²) in [5.74, 6) is -1.16. The van der Waals surface area contributed by atoms with Gasteiger partial charge in [-0.15, -0.1) is 0 Å². The van der Waals surface area contributed by atoms with Crippen molar-refractivity contribution in [3.8, 4) is 0 Å². The van der Waals surface area contributed by atoms with E-state index in [0.29, 0.717) is 10.9 Å². The van der Waals surface area contributed by atoms with Crippen LogP contribution in [0.25, 0.3) is 0 Å². The molecule has 0 amide bonds. The number of aryl methyl sites for hydroxylation is 1. The smallest absolute Gasteiger partial charge is 0.321 e. The predicted molar refractivity (Wildman–Crippen MR) is 80.1 cm³/mol. The molecular weight excluding hydrogens is 346 g/mol. The minimum absolute atomic E-state index is 0.0558. The van der Waals surface area contributed by atoms with Gasteiger partial charge in [0.1, 0.15) is 6.04 Å².